The van der Waals surface area contributed by atoms with Gasteiger partial charge in [-0.05, 0) is 79.6 Å². The van der Waals surface area contributed by atoms with Gasteiger partial charge in [-0.3, -0.25) is 4.79 Å². The quantitative estimate of drug-likeness (QED) is 0.679. The monoisotopic (exact) mass is 421 g/mol. The number of aryl methyl sites for hydroxylation is 2. The van der Waals surface area contributed by atoms with E-state index >= 15 is 0 Å². The summed E-state index contributed by atoms with van der Waals surface area (Å²) in [4.78, 5) is 18.0. The van der Waals surface area contributed by atoms with Crippen molar-refractivity contribution in [2.75, 3.05) is 13.1 Å². The summed E-state index contributed by atoms with van der Waals surface area (Å²) in [5, 5.41) is 14.2. The molecule has 164 valence electrons. The van der Waals surface area contributed by atoms with Gasteiger partial charge in [-0.25, -0.2) is 4.68 Å². The third-order valence-electron chi connectivity index (χ3n) is 7.25. The molecule has 2 N–H and O–H groups in total. The molecule has 7 heteroatoms. The number of hydrogen-bond donors (Lipinski definition) is 2. The number of tetrazole rings is 1. The average molecular weight is 422 g/mol. The van der Waals surface area contributed by atoms with Crippen molar-refractivity contribution in [2.45, 2.75) is 77.3 Å². The number of hydrogen-bond acceptors (Lipinski definition) is 4. The van der Waals surface area contributed by atoms with Crippen LogP contribution in [-0.2, 0) is 0 Å². The number of pyridine rings is 1. The molecule has 31 heavy (non-hydrogen) atoms. The lowest BCUT2D eigenvalue weighted by molar-refractivity contribution is -0.931. The van der Waals surface area contributed by atoms with Gasteiger partial charge in [0.15, 0.2) is 6.04 Å². The molecule has 2 fully saturated rings. The summed E-state index contributed by atoms with van der Waals surface area (Å²) in [6.45, 7) is 6.28. The normalized spacial score (nSPS) is 19.7. The summed E-state index contributed by atoms with van der Waals surface area (Å²) in [7, 11) is 0. The van der Waals surface area contributed by atoms with Crippen molar-refractivity contribution in [3.63, 3.8) is 0 Å². The maximum Gasteiger partial charge on any atom is 0.258 e. The second-order valence-corrected chi connectivity index (χ2v) is 9.52. The van der Waals surface area contributed by atoms with E-state index in [1.807, 2.05) is 0 Å². The minimum atomic E-state index is -0.133. The summed E-state index contributed by atoms with van der Waals surface area (Å²) in [5.74, 6) is 0.860. The molecule has 5 rings (SSSR count). The Morgan fingerprint density at radius 3 is 2.55 bits per heavy atom. The van der Waals surface area contributed by atoms with Gasteiger partial charge in [0, 0.05) is 10.9 Å². The zero-order valence-corrected chi connectivity index (χ0v) is 18.7. The first-order chi connectivity index (χ1) is 15.1. The number of H-pyrrole nitrogens is 1. The molecule has 1 aromatic carbocycles. The molecule has 2 aliphatic rings. The third-order valence-corrected chi connectivity index (χ3v) is 7.25. The molecule has 1 saturated heterocycles. The highest BCUT2D eigenvalue weighted by molar-refractivity contribution is 5.83. The lowest BCUT2D eigenvalue weighted by Gasteiger charge is -2.32. The van der Waals surface area contributed by atoms with Crippen LogP contribution in [0.2, 0.25) is 0 Å². The molecule has 3 heterocycles. The van der Waals surface area contributed by atoms with Crippen molar-refractivity contribution in [1.82, 2.24) is 25.2 Å². The van der Waals surface area contributed by atoms with Crippen molar-refractivity contribution in [3.8, 4) is 0 Å². The van der Waals surface area contributed by atoms with Crippen molar-refractivity contribution in [1.29, 1.82) is 0 Å². The Morgan fingerprint density at radius 1 is 1.03 bits per heavy atom. The van der Waals surface area contributed by atoms with E-state index in [1.54, 1.807) is 0 Å². The molecule has 0 radical (unpaired) electrons. The van der Waals surface area contributed by atoms with Gasteiger partial charge in [0.05, 0.1) is 24.7 Å². The molecule has 1 aliphatic heterocycles. The molecule has 0 unspecified atom stereocenters. The molecule has 0 bridgehead atoms. The lowest BCUT2D eigenvalue weighted by atomic mass is 9.94. The largest absolute Gasteiger partial charge is 0.322 e. The number of rotatable bonds is 4. The highest BCUT2D eigenvalue weighted by Crippen LogP contribution is 2.30. The van der Waals surface area contributed by atoms with Crippen LogP contribution in [0.5, 0.6) is 0 Å². The van der Waals surface area contributed by atoms with E-state index in [0.29, 0.717) is 6.04 Å². The highest BCUT2D eigenvalue weighted by atomic mass is 16.1. The van der Waals surface area contributed by atoms with Crippen LogP contribution in [0.15, 0.2) is 23.0 Å². The first kappa shape index (κ1) is 20.4. The molecule has 0 spiro atoms. The van der Waals surface area contributed by atoms with Crippen LogP contribution < -0.4 is 10.5 Å². The van der Waals surface area contributed by atoms with Gasteiger partial charge in [-0.1, -0.05) is 25.3 Å². The summed E-state index contributed by atoms with van der Waals surface area (Å²) in [6, 6.07) is 6.55. The lowest BCUT2D eigenvalue weighted by Crippen LogP contribution is -3.13. The number of aromatic amines is 1. The highest BCUT2D eigenvalue weighted by Gasteiger charge is 2.36. The fourth-order valence-corrected chi connectivity index (χ4v) is 5.72. The predicted octanol–water partition coefficient (Wildman–Crippen LogP) is 2.79. The molecular formula is C24H33N6O+. The number of piperidine rings is 1. The van der Waals surface area contributed by atoms with E-state index in [2.05, 4.69) is 57.2 Å². The number of nitrogens with zero attached hydrogens (tertiary/aromatic N) is 4. The van der Waals surface area contributed by atoms with Crippen molar-refractivity contribution in [2.24, 2.45) is 0 Å². The average Bonchev–Trinajstić information content (AvgIpc) is 3.25. The van der Waals surface area contributed by atoms with E-state index in [4.69, 9.17) is 0 Å². The van der Waals surface area contributed by atoms with Crippen LogP contribution >= 0.6 is 0 Å². The second kappa shape index (κ2) is 8.54. The number of quaternary nitrogens is 1. The van der Waals surface area contributed by atoms with Gasteiger partial charge < -0.3 is 9.88 Å². The van der Waals surface area contributed by atoms with Gasteiger partial charge in [-0.2, -0.15) is 0 Å². The van der Waals surface area contributed by atoms with Crippen LogP contribution in [0.3, 0.4) is 0 Å². The molecule has 2 aromatic heterocycles. The SMILES string of the molecule is Cc1cc(C)c2cc([C@@H](c3nnnn3C3CCCCC3)[NH+]3CCCCC3)c(=O)[nH]c2c1. The maximum absolute atomic E-state index is 13.4. The molecule has 1 saturated carbocycles. The van der Waals surface area contributed by atoms with E-state index in [0.717, 1.165) is 53.8 Å². The fraction of sp³-hybridized carbons (Fsp3) is 0.583. The van der Waals surface area contributed by atoms with E-state index in [9.17, 15) is 4.79 Å². The maximum atomic E-state index is 13.4. The summed E-state index contributed by atoms with van der Waals surface area (Å²) in [5.41, 5.74) is 4.03. The number of likely N-dealkylation sites (tertiary alicyclic amines) is 1. The molecule has 3 aromatic rings. The Balaban J connectivity index is 1.65. The Morgan fingerprint density at radius 2 is 1.77 bits per heavy atom. The van der Waals surface area contributed by atoms with E-state index in [-0.39, 0.29) is 11.6 Å². The number of nitrogens with one attached hydrogen (secondary N) is 2. The van der Waals surface area contributed by atoms with Crippen LogP contribution in [0, 0.1) is 13.8 Å². The molecular weight excluding hydrogens is 388 g/mol. The molecule has 7 nitrogen and oxygen atoms in total. The topological polar surface area (TPSA) is 80.9 Å². The van der Waals surface area contributed by atoms with Crippen LogP contribution in [-0.4, -0.2) is 38.3 Å². The summed E-state index contributed by atoms with van der Waals surface area (Å²) >= 11 is 0. The fourth-order valence-electron chi connectivity index (χ4n) is 5.72. The Hall–Kier alpha value is -2.54. The zero-order chi connectivity index (χ0) is 21.4. The van der Waals surface area contributed by atoms with Gasteiger partial charge >= 0.3 is 0 Å². The van der Waals surface area contributed by atoms with Gasteiger partial charge in [0.1, 0.15) is 0 Å². The summed E-state index contributed by atoms with van der Waals surface area (Å²) in [6.07, 6.45) is 9.59. The van der Waals surface area contributed by atoms with Crippen LogP contribution in [0.25, 0.3) is 10.9 Å². The third kappa shape index (κ3) is 3.91. The van der Waals surface area contributed by atoms with Crippen molar-refractivity contribution < 1.29 is 4.90 Å². The Bertz CT molecular complexity index is 1120. The zero-order valence-electron chi connectivity index (χ0n) is 18.7. The summed E-state index contributed by atoms with van der Waals surface area (Å²) < 4.78 is 2.05. The van der Waals surface area contributed by atoms with Gasteiger partial charge in [0.25, 0.3) is 5.56 Å². The Labute approximate surface area is 182 Å². The first-order valence-corrected chi connectivity index (χ1v) is 11.9. The number of fused-ring (bicyclic) bond motifs is 1. The first-order valence-electron chi connectivity index (χ1n) is 11.9. The van der Waals surface area contributed by atoms with Gasteiger partial charge in [0.2, 0.25) is 5.82 Å². The number of benzene rings is 1. The predicted molar refractivity (Wildman–Crippen MR) is 120 cm³/mol. The van der Waals surface area contributed by atoms with E-state index < -0.39 is 0 Å². The Kier molecular flexibility index (Phi) is 5.61. The minimum absolute atomic E-state index is 0.0150. The standard InChI is InChI=1S/C24H32N6O/c1-16-13-17(2)19-15-20(24(31)25-21(19)14-16)22(29-11-7-4-8-12-29)23-26-27-28-30(23)18-9-5-3-6-10-18/h13-15,18,22H,3-12H2,1-2H3,(H,25,31)/p+1/t22-/m0/s1. The number of aromatic nitrogens is 5. The smallest absolute Gasteiger partial charge is 0.258 e. The second-order valence-electron chi connectivity index (χ2n) is 9.52. The van der Waals surface area contributed by atoms with Crippen molar-refractivity contribution in [3.05, 3.63) is 51.1 Å². The van der Waals surface area contributed by atoms with Crippen molar-refractivity contribution >= 4 is 10.9 Å². The molecule has 0 amide bonds. The van der Waals surface area contributed by atoms with E-state index in [1.165, 1.54) is 49.0 Å². The van der Waals surface area contributed by atoms with Crippen LogP contribution in [0.1, 0.15) is 86.0 Å². The molecule has 1 aliphatic carbocycles. The van der Waals surface area contributed by atoms with Gasteiger partial charge in [-0.15, -0.1) is 5.10 Å². The van der Waals surface area contributed by atoms with Crippen LogP contribution in [0.4, 0.5) is 0 Å². The molecule has 1 atom stereocenters. The minimum Gasteiger partial charge on any atom is -0.322 e.